The van der Waals surface area contributed by atoms with Crippen LogP contribution >= 0.6 is 0 Å². The van der Waals surface area contributed by atoms with Crippen LogP contribution in [0.25, 0.3) is 0 Å². The van der Waals surface area contributed by atoms with Gasteiger partial charge in [0, 0.05) is 31.4 Å². The van der Waals surface area contributed by atoms with E-state index in [2.05, 4.69) is 24.2 Å². The van der Waals surface area contributed by atoms with E-state index in [0.717, 1.165) is 24.2 Å². The molecule has 2 rings (SSSR count). The maximum absolute atomic E-state index is 12.1. The average Bonchev–Trinajstić information content (AvgIpc) is 2.65. The number of hydrogen-bond donors (Lipinski definition) is 1. The lowest BCUT2D eigenvalue weighted by Crippen LogP contribution is -2.24. The van der Waals surface area contributed by atoms with Gasteiger partial charge in [0.25, 0.3) is 5.91 Å². The molecule has 1 aliphatic rings. The molecule has 1 aromatic rings. The molecule has 1 saturated heterocycles. The lowest BCUT2D eigenvalue weighted by atomic mass is 10.1. The van der Waals surface area contributed by atoms with Crippen molar-refractivity contribution in [3.8, 4) is 0 Å². The zero-order valence-electron chi connectivity index (χ0n) is 13.6. The summed E-state index contributed by atoms with van der Waals surface area (Å²) in [4.78, 5) is 16.1. The average molecular weight is 289 g/mol. The Morgan fingerprint density at radius 3 is 2.76 bits per heavy atom. The van der Waals surface area contributed by atoms with Crippen LogP contribution in [0.3, 0.4) is 0 Å². The van der Waals surface area contributed by atoms with Crippen LogP contribution in [0.2, 0.25) is 0 Å². The Balaban J connectivity index is 2.11. The summed E-state index contributed by atoms with van der Waals surface area (Å²) in [5, 5.41) is 3.65. The SMILES string of the molecule is Cc1ccc(C(=O)N(C)C)cc1NC1CCCN(C)CC1. The fourth-order valence-corrected chi connectivity index (χ4v) is 2.77. The number of benzene rings is 1. The van der Waals surface area contributed by atoms with E-state index in [9.17, 15) is 4.79 Å². The third-order valence-corrected chi connectivity index (χ3v) is 4.20. The van der Waals surface area contributed by atoms with Crippen molar-refractivity contribution in [2.24, 2.45) is 0 Å². The van der Waals surface area contributed by atoms with Gasteiger partial charge >= 0.3 is 0 Å². The number of anilines is 1. The second-order valence-electron chi connectivity index (χ2n) is 6.30. The molecule has 1 unspecified atom stereocenters. The maximum atomic E-state index is 12.1. The number of amides is 1. The van der Waals surface area contributed by atoms with Crippen LogP contribution in [0.15, 0.2) is 18.2 Å². The zero-order chi connectivity index (χ0) is 15.4. The Kier molecular flexibility index (Phi) is 5.23. The lowest BCUT2D eigenvalue weighted by Gasteiger charge is -2.20. The number of aryl methyl sites for hydroxylation is 1. The molecule has 0 aromatic heterocycles. The quantitative estimate of drug-likeness (QED) is 0.929. The van der Waals surface area contributed by atoms with Crippen molar-refractivity contribution >= 4 is 11.6 Å². The maximum Gasteiger partial charge on any atom is 0.253 e. The highest BCUT2D eigenvalue weighted by Gasteiger charge is 2.16. The second-order valence-corrected chi connectivity index (χ2v) is 6.30. The van der Waals surface area contributed by atoms with Gasteiger partial charge < -0.3 is 15.1 Å². The number of carbonyl (C=O) groups excluding carboxylic acids is 1. The summed E-state index contributed by atoms with van der Waals surface area (Å²) >= 11 is 0. The first kappa shape index (κ1) is 15.8. The van der Waals surface area contributed by atoms with Crippen LogP contribution in [0.5, 0.6) is 0 Å². The van der Waals surface area contributed by atoms with E-state index in [1.54, 1.807) is 19.0 Å². The monoisotopic (exact) mass is 289 g/mol. The van der Waals surface area contributed by atoms with E-state index in [0.29, 0.717) is 6.04 Å². The van der Waals surface area contributed by atoms with Crippen molar-refractivity contribution in [2.45, 2.75) is 32.2 Å². The molecule has 21 heavy (non-hydrogen) atoms. The van der Waals surface area contributed by atoms with E-state index >= 15 is 0 Å². The normalized spacial score (nSPS) is 19.9. The number of rotatable bonds is 3. The molecule has 1 heterocycles. The first-order valence-electron chi connectivity index (χ1n) is 7.75. The van der Waals surface area contributed by atoms with E-state index < -0.39 is 0 Å². The van der Waals surface area contributed by atoms with E-state index in [-0.39, 0.29) is 5.91 Å². The summed E-state index contributed by atoms with van der Waals surface area (Å²) in [5.41, 5.74) is 3.04. The summed E-state index contributed by atoms with van der Waals surface area (Å²) in [6, 6.07) is 6.43. The minimum absolute atomic E-state index is 0.0543. The molecule has 0 saturated carbocycles. The summed E-state index contributed by atoms with van der Waals surface area (Å²) in [5.74, 6) is 0.0543. The largest absolute Gasteiger partial charge is 0.382 e. The number of hydrogen-bond acceptors (Lipinski definition) is 3. The Labute approximate surface area is 128 Å². The molecule has 1 aromatic carbocycles. The Morgan fingerprint density at radius 2 is 2.05 bits per heavy atom. The van der Waals surface area contributed by atoms with Gasteiger partial charge in [-0.2, -0.15) is 0 Å². The van der Waals surface area contributed by atoms with E-state index in [4.69, 9.17) is 0 Å². The zero-order valence-corrected chi connectivity index (χ0v) is 13.6. The molecule has 4 nitrogen and oxygen atoms in total. The molecule has 1 N–H and O–H groups in total. The van der Waals surface area contributed by atoms with Gasteiger partial charge in [-0.25, -0.2) is 0 Å². The van der Waals surface area contributed by atoms with Gasteiger partial charge in [-0.15, -0.1) is 0 Å². The van der Waals surface area contributed by atoms with Crippen molar-refractivity contribution in [1.82, 2.24) is 9.80 Å². The second kappa shape index (κ2) is 6.94. The molecule has 1 aliphatic heterocycles. The van der Waals surface area contributed by atoms with Crippen molar-refractivity contribution in [3.05, 3.63) is 29.3 Å². The fraction of sp³-hybridized carbons (Fsp3) is 0.588. The number of nitrogens with one attached hydrogen (secondary N) is 1. The van der Waals surface area contributed by atoms with Gasteiger partial charge in [0.2, 0.25) is 0 Å². The highest BCUT2D eigenvalue weighted by atomic mass is 16.2. The Morgan fingerprint density at radius 1 is 1.29 bits per heavy atom. The van der Waals surface area contributed by atoms with E-state index in [1.165, 1.54) is 24.9 Å². The fourth-order valence-electron chi connectivity index (χ4n) is 2.77. The van der Waals surface area contributed by atoms with Crippen LogP contribution in [-0.4, -0.2) is 56.0 Å². The topological polar surface area (TPSA) is 35.6 Å². The number of nitrogens with zero attached hydrogens (tertiary/aromatic N) is 2. The third-order valence-electron chi connectivity index (χ3n) is 4.20. The molecule has 4 heteroatoms. The molecule has 0 spiro atoms. The minimum atomic E-state index is 0.0543. The van der Waals surface area contributed by atoms with Crippen LogP contribution in [0, 0.1) is 6.92 Å². The van der Waals surface area contributed by atoms with Crippen LogP contribution in [0.1, 0.15) is 35.2 Å². The summed E-state index contributed by atoms with van der Waals surface area (Å²) in [6.45, 7) is 4.40. The predicted octanol–water partition coefficient (Wildman–Crippen LogP) is 2.59. The molecule has 1 fully saturated rings. The Bertz CT molecular complexity index is 499. The highest BCUT2D eigenvalue weighted by molar-refractivity contribution is 5.95. The van der Waals surface area contributed by atoms with Crippen molar-refractivity contribution < 1.29 is 4.79 Å². The van der Waals surface area contributed by atoms with Gasteiger partial charge in [-0.1, -0.05) is 6.07 Å². The smallest absolute Gasteiger partial charge is 0.253 e. The summed E-state index contributed by atoms with van der Waals surface area (Å²) in [7, 11) is 5.76. The van der Waals surface area contributed by atoms with Gasteiger partial charge in [0.05, 0.1) is 0 Å². The van der Waals surface area contributed by atoms with Crippen LogP contribution in [-0.2, 0) is 0 Å². The highest BCUT2D eigenvalue weighted by Crippen LogP contribution is 2.22. The molecular weight excluding hydrogens is 262 g/mol. The lowest BCUT2D eigenvalue weighted by molar-refractivity contribution is 0.0827. The van der Waals surface area contributed by atoms with E-state index in [1.807, 2.05) is 18.2 Å². The van der Waals surface area contributed by atoms with Crippen molar-refractivity contribution in [1.29, 1.82) is 0 Å². The predicted molar refractivity (Wildman–Crippen MR) is 88.0 cm³/mol. The van der Waals surface area contributed by atoms with Crippen molar-refractivity contribution in [3.63, 3.8) is 0 Å². The molecular formula is C17H27N3O. The molecule has 1 amide bonds. The first-order valence-corrected chi connectivity index (χ1v) is 7.75. The minimum Gasteiger partial charge on any atom is -0.382 e. The molecule has 0 bridgehead atoms. The van der Waals surface area contributed by atoms with Gasteiger partial charge in [0.15, 0.2) is 0 Å². The van der Waals surface area contributed by atoms with Gasteiger partial charge in [-0.05, 0) is 64.0 Å². The van der Waals surface area contributed by atoms with Crippen molar-refractivity contribution in [2.75, 3.05) is 39.5 Å². The summed E-state index contributed by atoms with van der Waals surface area (Å²) in [6.07, 6.45) is 3.57. The van der Waals surface area contributed by atoms with Gasteiger partial charge in [-0.3, -0.25) is 4.79 Å². The third kappa shape index (κ3) is 4.21. The van der Waals surface area contributed by atoms with Crippen LogP contribution in [0.4, 0.5) is 5.69 Å². The van der Waals surface area contributed by atoms with Crippen LogP contribution < -0.4 is 5.32 Å². The molecule has 0 radical (unpaired) electrons. The van der Waals surface area contributed by atoms with Gasteiger partial charge in [0.1, 0.15) is 0 Å². The molecule has 0 aliphatic carbocycles. The summed E-state index contributed by atoms with van der Waals surface area (Å²) < 4.78 is 0. The first-order chi connectivity index (χ1) is 9.97. The number of likely N-dealkylation sites (tertiary alicyclic amines) is 1. The number of carbonyl (C=O) groups is 1. The Hall–Kier alpha value is -1.55. The molecule has 1 atom stereocenters. The standard InChI is InChI=1S/C17H27N3O/c1-13-7-8-14(17(21)19(2)3)12-16(13)18-15-6-5-10-20(4)11-9-15/h7-8,12,15,18H,5-6,9-11H2,1-4H3. The molecule has 116 valence electrons.